The number of rotatable bonds is 2. The van der Waals surface area contributed by atoms with Crippen molar-refractivity contribution in [1.29, 1.82) is 0 Å². The lowest BCUT2D eigenvalue weighted by Crippen LogP contribution is -2.48. The van der Waals surface area contributed by atoms with Crippen LogP contribution in [0.5, 0.6) is 0 Å². The first-order valence-corrected chi connectivity index (χ1v) is 7.18. The quantitative estimate of drug-likeness (QED) is 0.916. The molecular weight excluding hydrogens is 266 g/mol. The van der Waals surface area contributed by atoms with E-state index in [4.69, 9.17) is 0 Å². The van der Waals surface area contributed by atoms with Crippen molar-refractivity contribution in [2.24, 2.45) is 0 Å². The van der Waals surface area contributed by atoms with E-state index in [1.807, 2.05) is 30.3 Å². The number of amides is 1. The molecular formula is C16H19N3O2. The van der Waals surface area contributed by atoms with Crippen molar-refractivity contribution in [2.45, 2.75) is 25.4 Å². The van der Waals surface area contributed by atoms with E-state index in [2.05, 4.69) is 5.10 Å². The fraction of sp³-hybridized carbons (Fsp3) is 0.375. The minimum atomic E-state index is -0.796. The highest BCUT2D eigenvalue weighted by atomic mass is 16.3. The zero-order chi connectivity index (χ0) is 14.9. The molecule has 1 aliphatic heterocycles. The fourth-order valence-corrected chi connectivity index (χ4v) is 2.72. The van der Waals surface area contributed by atoms with Crippen LogP contribution in [-0.4, -0.2) is 44.4 Å². The molecule has 0 spiro atoms. The van der Waals surface area contributed by atoms with Gasteiger partial charge in [0.15, 0.2) is 5.69 Å². The lowest BCUT2D eigenvalue weighted by atomic mass is 9.95. The Labute approximate surface area is 123 Å². The smallest absolute Gasteiger partial charge is 0.274 e. The van der Waals surface area contributed by atoms with Gasteiger partial charge in [0.1, 0.15) is 0 Å². The second-order valence-electron chi connectivity index (χ2n) is 5.81. The van der Waals surface area contributed by atoms with E-state index in [1.165, 1.54) is 0 Å². The molecule has 1 atom stereocenters. The zero-order valence-corrected chi connectivity index (χ0v) is 12.1. The van der Waals surface area contributed by atoms with Gasteiger partial charge in [-0.25, -0.2) is 4.68 Å². The van der Waals surface area contributed by atoms with Crippen molar-refractivity contribution in [2.75, 3.05) is 13.1 Å². The molecule has 0 radical (unpaired) electrons. The van der Waals surface area contributed by atoms with Gasteiger partial charge in [0, 0.05) is 19.3 Å². The summed E-state index contributed by atoms with van der Waals surface area (Å²) in [5.41, 5.74) is 0.536. The molecule has 1 unspecified atom stereocenters. The van der Waals surface area contributed by atoms with E-state index in [1.54, 1.807) is 28.8 Å². The van der Waals surface area contributed by atoms with E-state index in [0.29, 0.717) is 18.8 Å². The summed E-state index contributed by atoms with van der Waals surface area (Å²) >= 11 is 0. The first-order chi connectivity index (χ1) is 10.1. The molecule has 5 heteroatoms. The Kier molecular flexibility index (Phi) is 3.51. The molecule has 1 fully saturated rings. The molecule has 3 rings (SSSR count). The predicted molar refractivity (Wildman–Crippen MR) is 79.3 cm³/mol. The van der Waals surface area contributed by atoms with Crippen molar-refractivity contribution in [3.63, 3.8) is 0 Å². The molecule has 1 amide bonds. The molecule has 0 bridgehead atoms. The average molecular weight is 285 g/mol. The maximum Gasteiger partial charge on any atom is 0.274 e. The summed E-state index contributed by atoms with van der Waals surface area (Å²) in [6, 6.07) is 11.4. The third kappa shape index (κ3) is 2.97. The molecule has 0 aliphatic carbocycles. The second-order valence-corrected chi connectivity index (χ2v) is 5.81. The molecule has 1 aromatic heterocycles. The van der Waals surface area contributed by atoms with Crippen LogP contribution in [0.1, 0.15) is 30.3 Å². The molecule has 1 saturated heterocycles. The summed E-state index contributed by atoms with van der Waals surface area (Å²) in [4.78, 5) is 14.2. The summed E-state index contributed by atoms with van der Waals surface area (Å²) < 4.78 is 1.69. The van der Waals surface area contributed by atoms with Crippen molar-refractivity contribution < 1.29 is 9.90 Å². The number of nitrogens with zero attached hydrogens (tertiary/aromatic N) is 3. The van der Waals surface area contributed by atoms with Crippen LogP contribution in [0, 0.1) is 0 Å². The fourth-order valence-electron chi connectivity index (χ4n) is 2.72. The molecule has 2 heterocycles. The second kappa shape index (κ2) is 5.33. The molecule has 1 aromatic carbocycles. The third-order valence-corrected chi connectivity index (χ3v) is 3.79. The van der Waals surface area contributed by atoms with Gasteiger partial charge in [-0.3, -0.25) is 4.79 Å². The zero-order valence-electron chi connectivity index (χ0n) is 12.1. The van der Waals surface area contributed by atoms with Crippen LogP contribution in [-0.2, 0) is 0 Å². The minimum Gasteiger partial charge on any atom is -0.388 e. The highest BCUT2D eigenvalue weighted by molar-refractivity contribution is 5.92. The Morgan fingerprint density at radius 2 is 2.05 bits per heavy atom. The highest BCUT2D eigenvalue weighted by Crippen LogP contribution is 2.21. The van der Waals surface area contributed by atoms with Crippen molar-refractivity contribution in [3.05, 3.63) is 48.3 Å². The third-order valence-electron chi connectivity index (χ3n) is 3.79. The summed E-state index contributed by atoms with van der Waals surface area (Å²) in [6.45, 7) is 2.81. The van der Waals surface area contributed by atoms with Gasteiger partial charge in [-0.1, -0.05) is 18.2 Å². The van der Waals surface area contributed by atoms with Gasteiger partial charge in [-0.15, -0.1) is 0 Å². The van der Waals surface area contributed by atoms with Gasteiger partial charge in [0.2, 0.25) is 0 Å². The number of hydrogen-bond acceptors (Lipinski definition) is 3. The molecule has 0 saturated carbocycles. The van der Waals surface area contributed by atoms with Crippen molar-refractivity contribution in [3.8, 4) is 5.69 Å². The van der Waals surface area contributed by atoms with E-state index in [0.717, 1.165) is 18.5 Å². The number of benzene rings is 1. The molecule has 110 valence electrons. The lowest BCUT2D eigenvalue weighted by molar-refractivity contribution is -0.0109. The molecule has 1 N–H and O–H groups in total. The number of carbonyl (C=O) groups is 1. The van der Waals surface area contributed by atoms with Crippen LogP contribution in [0.2, 0.25) is 0 Å². The normalized spacial score (nSPS) is 22.3. The first kappa shape index (κ1) is 13.8. The molecule has 5 nitrogen and oxygen atoms in total. The molecule has 2 aromatic rings. The Morgan fingerprint density at radius 1 is 1.29 bits per heavy atom. The summed E-state index contributed by atoms with van der Waals surface area (Å²) in [5.74, 6) is -0.121. The Hall–Kier alpha value is -2.14. The summed E-state index contributed by atoms with van der Waals surface area (Å²) in [6.07, 6.45) is 3.33. The number of likely N-dealkylation sites (tertiary alicyclic amines) is 1. The predicted octanol–water partition coefficient (Wildman–Crippen LogP) is 1.86. The van der Waals surface area contributed by atoms with Gasteiger partial charge in [-0.2, -0.15) is 5.10 Å². The van der Waals surface area contributed by atoms with Crippen LogP contribution in [0.25, 0.3) is 5.69 Å². The number of hydrogen-bond donors (Lipinski definition) is 1. The highest BCUT2D eigenvalue weighted by Gasteiger charge is 2.32. The number of aromatic nitrogens is 2. The average Bonchev–Trinajstić information content (AvgIpc) is 2.96. The van der Waals surface area contributed by atoms with Gasteiger partial charge < -0.3 is 10.0 Å². The maximum atomic E-state index is 12.5. The standard InChI is InChI=1S/C16H19N3O2/c1-16(21)9-5-10-18(12-16)15(20)14-8-11-19(17-14)13-6-3-2-4-7-13/h2-4,6-8,11,21H,5,9-10,12H2,1H3. The lowest BCUT2D eigenvalue weighted by Gasteiger charge is -2.36. The van der Waals surface area contributed by atoms with Gasteiger partial charge in [0.25, 0.3) is 5.91 Å². The van der Waals surface area contributed by atoms with Crippen LogP contribution >= 0.6 is 0 Å². The van der Waals surface area contributed by atoms with E-state index in [-0.39, 0.29) is 5.91 Å². The SMILES string of the molecule is CC1(O)CCCN(C(=O)c2ccn(-c3ccccc3)n2)C1. The monoisotopic (exact) mass is 285 g/mol. The number of carbonyl (C=O) groups excluding carboxylic acids is 1. The number of para-hydroxylation sites is 1. The Bertz CT molecular complexity index is 634. The largest absolute Gasteiger partial charge is 0.388 e. The van der Waals surface area contributed by atoms with Crippen molar-refractivity contribution >= 4 is 5.91 Å². The summed E-state index contributed by atoms with van der Waals surface area (Å²) in [7, 11) is 0. The Morgan fingerprint density at radius 3 is 2.76 bits per heavy atom. The van der Waals surface area contributed by atoms with E-state index < -0.39 is 5.60 Å². The number of β-amino-alcohol motifs (C(OH)–C–C–N with tert-alkyl or cyclic N) is 1. The summed E-state index contributed by atoms with van der Waals surface area (Å²) in [5, 5.41) is 14.5. The van der Waals surface area contributed by atoms with Crippen LogP contribution in [0.15, 0.2) is 42.6 Å². The molecule has 21 heavy (non-hydrogen) atoms. The van der Waals surface area contributed by atoms with Gasteiger partial charge in [0.05, 0.1) is 11.3 Å². The topological polar surface area (TPSA) is 58.4 Å². The van der Waals surface area contributed by atoms with Crippen LogP contribution in [0.3, 0.4) is 0 Å². The number of piperidine rings is 1. The van der Waals surface area contributed by atoms with E-state index >= 15 is 0 Å². The van der Waals surface area contributed by atoms with Gasteiger partial charge in [-0.05, 0) is 38.0 Å². The minimum absolute atomic E-state index is 0.121. The Balaban J connectivity index is 1.78. The maximum absolute atomic E-state index is 12.5. The van der Waals surface area contributed by atoms with E-state index in [9.17, 15) is 9.90 Å². The number of aliphatic hydroxyl groups is 1. The van der Waals surface area contributed by atoms with Crippen LogP contribution in [0.4, 0.5) is 0 Å². The van der Waals surface area contributed by atoms with Gasteiger partial charge >= 0.3 is 0 Å². The first-order valence-electron chi connectivity index (χ1n) is 7.18. The molecule has 1 aliphatic rings. The van der Waals surface area contributed by atoms with Crippen molar-refractivity contribution in [1.82, 2.24) is 14.7 Å². The van der Waals surface area contributed by atoms with Crippen LogP contribution < -0.4 is 0 Å².